The van der Waals surface area contributed by atoms with E-state index in [0.717, 1.165) is 12.8 Å². The van der Waals surface area contributed by atoms with Gasteiger partial charge in [0.15, 0.2) is 0 Å². The highest BCUT2D eigenvalue weighted by molar-refractivity contribution is 6.47. The predicted molar refractivity (Wildman–Crippen MR) is 106 cm³/mol. The molecule has 0 radical (unpaired) electrons. The minimum Gasteiger partial charge on any atom is -0.507 e. The van der Waals surface area contributed by atoms with Crippen molar-refractivity contribution in [2.24, 2.45) is 0 Å². The molecule has 2 aromatic rings. The summed E-state index contributed by atoms with van der Waals surface area (Å²) in [6.07, 6.45) is 1.63. The molecule has 2 aliphatic rings. The molecule has 5 nitrogen and oxygen atoms in total. The topological polar surface area (TPSA) is 66.8 Å². The number of benzene rings is 2. The number of halogens is 1. The Morgan fingerprint density at radius 3 is 2.50 bits per heavy atom. The van der Waals surface area contributed by atoms with E-state index in [1.165, 1.54) is 4.90 Å². The molecule has 0 saturated carbocycles. The van der Waals surface area contributed by atoms with Gasteiger partial charge in [0.25, 0.3) is 11.7 Å². The number of amides is 1. The van der Waals surface area contributed by atoms with Crippen LogP contribution in [0.1, 0.15) is 30.0 Å². The van der Waals surface area contributed by atoms with Crippen LogP contribution in [0.15, 0.2) is 60.2 Å². The molecule has 6 heteroatoms. The van der Waals surface area contributed by atoms with Gasteiger partial charge < -0.3 is 14.7 Å². The molecule has 0 bridgehead atoms. The number of nitrogens with zero attached hydrogens (tertiary/aromatic N) is 1. The number of hydrogen-bond donors (Lipinski definition) is 1. The number of aliphatic hydroxyl groups is 1. The highest BCUT2D eigenvalue weighted by Gasteiger charge is 2.47. The standard InChI is InChI=1S/C22H20ClNO4/c23-17-11-5-4-10-16(17)19-18(20(25)14-7-2-1-3-8-14)21(26)22(27)24(19)13-15-9-6-12-28-15/h1-5,7-8,10-11,15,19,25H,6,9,12-13H2/t15-,19-/m0/s1. The SMILES string of the molecule is O=C1C(=O)N(C[C@@H]2CCCO2)[C@@H](c2ccccc2Cl)C1=C(O)c1ccccc1. The lowest BCUT2D eigenvalue weighted by atomic mass is 9.95. The lowest BCUT2D eigenvalue weighted by Gasteiger charge is -2.28. The molecule has 2 aromatic carbocycles. The van der Waals surface area contributed by atoms with Gasteiger partial charge in [-0.05, 0) is 24.5 Å². The number of carbonyl (C=O) groups excluding carboxylic acids is 2. The number of ketones is 1. The summed E-state index contributed by atoms with van der Waals surface area (Å²) in [5, 5.41) is 11.4. The Hall–Kier alpha value is -2.63. The van der Waals surface area contributed by atoms with Crippen LogP contribution in [0.5, 0.6) is 0 Å². The van der Waals surface area contributed by atoms with Crippen LogP contribution in [-0.2, 0) is 14.3 Å². The van der Waals surface area contributed by atoms with Crippen LogP contribution < -0.4 is 0 Å². The second kappa shape index (κ2) is 7.78. The van der Waals surface area contributed by atoms with E-state index in [1.54, 1.807) is 48.5 Å². The van der Waals surface area contributed by atoms with Crippen molar-refractivity contribution >= 4 is 29.1 Å². The van der Waals surface area contributed by atoms with E-state index >= 15 is 0 Å². The van der Waals surface area contributed by atoms with Gasteiger partial charge in [0.2, 0.25) is 0 Å². The molecule has 2 atom stereocenters. The zero-order valence-electron chi connectivity index (χ0n) is 15.2. The first kappa shape index (κ1) is 18.7. The third-order valence-corrected chi connectivity index (χ3v) is 5.56. The number of hydrogen-bond acceptors (Lipinski definition) is 4. The number of aliphatic hydroxyl groups excluding tert-OH is 1. The molecule has 0 aliphatic carbocycles. The van der Waals surface area contributed by atoms with Crippen molar-refractivity contribution in [3.05, 3.63) is 76.3 Å². The zero-order chi connectivity index (χ0) is 19.7. The molecule has 2 aliphatic heterocycles. The van der Waals surface area contributed by atoms with Crippen LogP contribution in [0.4, 0.5) is 0 Å². The fourth-order valence-electron chi connectivity index (χ4n) is 3.85. The fourth-order valence-corrected chi connectivity index (χ4v) is 4.09. The van der Waals surface area contributed by atoms with E-state index in [1.807, 2.05) is 6.07 Å². The average Bonchev–Trinajstić information content (AvgIpc) is 3.31. The summed E-state index contributed by atoms with van der Waals surface area (Å²) in [6, 6.07) is 15.1. The Bertz CT molecular complexity index is 935. The lowest BCUT2D eigenvalue weighted by molar-refractivity contribution is -0.140. The van der Waals surface area contributed by atoms with Crippen LogP contribution >= 0.6 is 11.6 Å². The molecule has 4 rings (SSSR count). The molecular formula is C22H20ClNO4. The maximum absolute atomic E-state index is 12.9. The van der Waals surface area contributed by atoms with Gasteiger partial charge >= 0.3 is 0 Å². The Balaban J connectivity index is 1.84. The second-order valence-corrected chi connectivity index (χ2v) is 7.38. The van der Waals surface area contributed by atoms with Gasteiger partial charge in [0.1, 0.15) is 5.76 Å². The average molecular weight is 398 g/mol. The predicted octanol–water partition coefficient (Wildman–Crippen LogP) is 3.94. The number of rotatable bonds is 4. The van der Waals surface area contributed by atoms with Crippen molar-refractivity contribution < 1.29 is 19.4 Å². The van der Waals surface area contributed by atoms with Crippen LogP contribution in [0.2, 0.25) is 5.02 Å². The largest absolute Gasteiger partial charge is 0.507 e. The van der Waals surface area contributed by atoms with Gasteiger partial charge in [0.05, 0.1) is 17.7 Å². The molecule has 28 heavy (non-hydrogen) atoms. The monoisotopic (exact) mass is 397 g/mol. The van der Waals surface area contributed by atoms with E-state index in [2.05, 4.69) is 0 Å². The lowest BCUT2D eigenvalue weighted by Crippen LogP contribution is -2.36. The Morgan fingerprint density at radius 1 is 1.11 bits per heavy atom. The number of likely N-dealkylation sites (tertiary alicyclic amines) is 1. The maximum atomic E-state index is 12.9. The van der Waals surface area contributed by atoms with Crippen LogP contribution in [0, 0.1) is 0 Å². The molecule has 2 heterocycles. The molecule has 0 spiro atoms. The molecule has 1 amide bonds. The van der Waals surface area contributed by atoms with Gasteiger partial charge in [0, 0.05) is 23.7 Å². The summed E-state index contributed by atoms with van der Waals surface area (Å²) in [4.78, 5) is 27.3. The fraction of sp³-hybridized carbons (Fsp3) is 0.273. The molecular weight excluding hydrogens is 378 g/mol. The summed E-state index contributed by atoms with van der Waals surface area (Å²) in [7, 11) is 0. The Labute approximate surface area is 168 Å². The van der Waals surface area contributed by atoms with E-state index in [4.69, 9.17) is 16.3 Å². The van der Waals surface area contributed by atoms with Gasteiger partial charge in [-0.3, -0.25) is 9.59 Å². The number of carbonyl (C=O) groups is 2. The van der Waals surface area contributed by atoms with Crippen molar-refractivity contribution in [1.82, 2.24) is 4.90 Å². The smallest absolute Gasteiger partial charge is 0.295 e. The van der Waals surface area contributed by atoms with Crippen molar-refractivity contribution in [2.75, 3.05) is 13.2 Å². The first-order valence-electron chi connectivity index (χ1n) is 9.28. The zero-order valence-corrected chi connectivity index (χ0v) is 15.9. The highest BCUT2D eigenvalue weighted by Crippen LogP contribution is 2.42. The molecule has 0 unspecified atom stereocenters. The molecule has 2 fully saturated rings. The van der Waals surface area contributed by atoms with E-state index < -0.39 is 17.7 Å². The van der Waals surface area contributed by atoms with Gasteiger partial charge in [-0.2, -0.15) is 0 Å². The summed E-state index contributed by atoms with van der Waals surface area (Å²) < 4.78 is 5.68. The number of Topliss-reactive ketones (excluding diaryl/α,β-unsaturated/α-hetero) is 1. The number of ether oxygens (including phenoxy) is 1. The summed E-state index contributed by atoms with van der Waals surface area (Å²) in [5.41, 5.74) is 1.15. The third kappa shape index (κ3) is 3.32. The van der Waals surface area contributed by atoms with Gasteiger partial charge in [-0.1, -0.05) is 60.1 Å². The molecule has 2 saturated heterocycles. The van der Waals surface area contributed by atoms with Crippen LogP contribution in [0.25, 0.3) is 5.76 Å². The molecule has 144 valence electrons. The second-order valence-electron chi connectivity index (χ2n) is 6.97. The minimum absolute atomic E-state index is 0.0577. The van der Waals surface area contributed by atoms with Crippen LogP contribution in [0.3, 0.4) is 0 Å². The highest BCUT2D eigenvalue weighted by atomic mass is 35.5. The summed E-state index contributed by atoms with van der Waals surface area (Å²) >= 11 is 6.41. The van der Waals surface area contributed by atoms with Crippen molar-refractivity contribution in [3.63, 3.8) is 0 Å². The van der Waals surface area contributed by atoms with Crippen molar-refractivity contribution in [1.29, 1.82) is 0 Å². The van der Waals surface area contributed by atoms with E-state index in [-0.39, 0.29) is 24.0 Å². The van der Waals surface area contributed by atoms with Crippen molar-refractivity contribution in [3.8, 4) is 0 Å². The normalized spacial score (nSPS) is 24.1. The quantitative estimate of drug-likeness (QED) is 0.482. The summed E-state index contributed by atoms with van der Waals surface area (Å²) in [6.45, 7) is 0.932. The third-order valence-electron chi connectivity index (χ3n) is 5.21. The first-order chi connectivity index (χ1) is 13.6. The molecule has 1 N–H and O–H groups in total. The van der Waals surface area contributed by atoms with Crippen molar-refractivity contribution in [2.45, 2.75) is 25.0 Å². The van der Waals surface area contributed by atoms with Gasteiger partial charge in [-0.25, -0.2) is 0 Å². The van der Waals surface area contributed by atoms with Crippen LogP contribution in [-0.4, -0.2) is 41.0 Å². The van der Waals surface area contributed by atoms with E-state index in [0.29, 0.717) is 22.8 Å². The van der Waals surface area contributed by atoms with Gasteiger partial charge in [-0.15, -0.1) is 0 Å². The first-order valence-corrected chi connectivity index (χ1v) is 9.65. The molecule has 0 aromatic heterocycles. The Kier molecular flexibility index (Phi) is 5.20. The van der Waals surface area contributed by atoms with E-state index in [9.17, 15) is 14.7 Å². The maximum Gasteiger partial charge on any atom is 0.295 e. The Morgan fingerprint density at radius 2 is 1.82 bits per heavy atom. The summed E-state index contributed by atoms with van der Waals surface area (Å²) in [5.74, 6) is -1.54. The minimum atomic E-state index is -0.752.